The minimum absolute atomic E-state index is 0.0876. The van der Waals surface area contributed by atoms with Crippen LogP contribution in [0.3, 0.4) is 0 Å². The van der Waals surface area contributed by atoms with E-state index in [4.69, 9.17) is 19.5 Å². The highest BCUT2D eigenvalue weighted by atomic mass is 31.0. The van der Waals surface area contributed by atoms with Gasteiger partial charge in [0.25, 0.3) is 0 Å². The van der Waals surface area contributed by atoms with Gasteiger partial charge in [0.2, 0.25) is 6.29 Å². The number of hydrogen-bond donors (Lipinski definition) is 2. The van der Waals surface area contributed by atoms with E-state index in [-0.39, 0.29) is 5.16 Å². The first-order valence-electron chi connectivity index (χ1n) is 4.91. The molecular weight excluding hydrogens is 249 g/mol. The maximum atomic E-state index is 10.9. The van der Waals surface area contributed by atoms with Gasteiger partial charge in [-0.3, -0.25) is 4.84 Å². The van der Waals surface area contributed by atoms with Crippen LogP contribution in [0.5, 0.6) is 0 Å². The molecule has 0 radical (unpaired) electrons. The van der Waals surface area contributed by atoms with Gasteiger partial charge in [0.1, 0.15) is 0 Å². The van der Waals surface area contributed by atoms with E-state index in [0.717, 1.165) is 0 Å². The monoisotopic (exact) mass is 265 g/mol. The van der Waals surface area contributed by atoms with E-state index in [1.807, 2.05) is 0 Å². The van der Waals surface area contributed by atoms with Crippen LogP contribution in [0.25, 0.3) is 0 Å². The SMILES string of the molecule is C=C(O)C(=O)OC(C)ONOCC1(P)COC1. The van der Waals surface area contributed by atoms with Crippen molar-refractivity contribution in [1.82, 2.24) is 5.64 Å². The molecule has 0 aromatic heterocycles. The summed E-state index contributed by atoms with van der Waals surface area (Å²) in [6.07, 6.45) is -0.913. The highest BCUT2D eigenvalue weighted by molar-refractivity contribution is 7.19. The number of nitrogens with one attached hydrogen (secondary N) is 1. The average Bonchev–Trinajstić information content (AvgIpc) is 2.21. The van der Waals surface area contributed by atoms with Crippen LogP contribution in [0.2, 0.25) is 0 Å². The van der Waals surface area contributed by atoms with Crippen molar-refractivity contribution in [3.8, 4) is 0 Å². The molecule has 0 spiro atoms. The van der Waals surface area contributed by atoms with Gasteiger partial charge < -0.3 is 14.6 Å². The lowest BCUT2D eigenvalue weighted by Crippen LogP contribution is -2.48. The molecule has 0 aromatic rings. The van der Waals surface area contributed by atoms with Crippen LogP contribution < -0.4 is 5.64 Å². The Morgan fingerprint density at radius 3 is 2.82 bits per heavy atom. The zero-order chi connectivity index (χ0) is 12.9. The third-order valence-corrected chi connectivity index (χ3v) is 2.42. The Hall–Kier alpha value is -0.720. The van der Waals surface area contributed by atoms with Gasteiger partial charge in [0.15, 0.2) is 5.76 Å². The summed E-state index contributed by atoms with van der Waals surface area (Å²) in [6.45, 7) is 6.06. The van der Waals surface area contributed by atoms with Gasteiger partial charge in [-0.2, -0.15) is 0 Å². The minimum Gasteiger partial charge on any atom is -0.502 e. The molecule has 0 saturated carbocycles. The third kappa shape index (κ3) is 4.97. The van der Waals surface area contributed by atoms with E-state index in [0.29, 0.717) is 19.8 Å². The lowest BCUT2D eigenvalue weighted by molar-refractivity contribution is -0.261. The number of rotatable bonds is 7. The lowest BCUT2D eigenvalue weighted by atomic mass is 10.1. The van der Waals surface area contributed by atoms with Gasteiger partial charge in [-0.15, -0.1) is 9.24 Å². The van der Waals surface area contributed by atoms with Gasteiger partial charge in [0, 0.05) is 0 Å². The van der Waals surface area contributed by atoms with E-state index in [1.165, 1.54) is 6.92 Å². The first-order valence-corrected chi connectivity index (χ1v) is 5.49. The van der Waals surface area contributed by atoms with Gasteiger partial charge in [-0.25, -0.2) is 9.63 Å². The molecule has 2 atom stereocenters. The summed E-state index contributed by atoms with van der Waals surface area (Å²) in [6, 6.07) is 0. The van der Waals surface area contributed by atoms with Crippen molar-refractivity contribution >= 4 is 15.2 Å². The number of esters is 1. The maximum absolute atomic E-state index is 10.9. The van der Waals surface area contributed by atoms with Gasteiger partial charge in [-0.05, 0) is 13.5 Å². The van der Waals surface area contributed by atoms with Gasteiger partial charge in [0.05, 0.1) is 25.0 Å². The van der Waals surface area contributed by atoms with E-state index < -0.39 is 18.0 Å². The van der Waals surface area contributed by atoms with E-state index >= 15 is 0 Å². The second-order valence-electron chi connectivity index (χ2n) is 3.76. The number of hydrogen-bond acceptors (Lipinski definition) is 7. The molecule has 1 fully saturated rings. The molecular formula is C9H16NO6P. The molecule has 2 N–H and O–H groups in total. The summed E-state index contributed by atoms with van der Waals surface area (Å²) in [4.78, 5) is 20.7. The number of aliphatic hydroxyl groups is 1. The molecule has 17 heavy (non-hydrogen) atoms. The van der Waals surface area contributed by atoms with Crippen LogP contribution in [0.15, 0.2) is 12.3 Å². The van der Waals surface area contributed by atoms with E-state index in [9.17, 15) is 4.79 Å². The molecule has 1 aliphatic rings. The van der Waals surface area contributed by atoms with Crippen LogP contribution in [-0.2, 0) is 23.9 Å². The molecule has 1 rings (SSSR count). The maximum Gasteiger partial charge on any atom is 0.375 e. The van der Waals surface area contributed by atoms with Crippen molar-refractivity contribution in [3.63, 3.8) is 0 Å². The smallest absolute Gasteiger partial charge is 0.375 e. The Bertz CT molecular complexity index is 293. The Morgan fingerprint density at radius 2 is 2.35 bits per heavy atom. The molecule has 2 unspecified atom stereocenters. The van der Waals surface area contributed by atoms with Crippen molar-refractivity contribution in [2.45, 2.75) is 18.4 Å². The molecule has 0 bridgehead atoms. The quantitative estimate of drug-likeness (QED) is 0.128. The van der Waals surface area contributed by atoms with Gasteiger partial charge in [-0.1, -0.05) is 5.64 Å². The van der Waals surface area contributed by atoms with Crippen LogP contribution >= 0.6 is 9.24 Å². The Morgan fingerprint density at radius 1 is 1.71 bits per heavy atom. The highest BCUT2D eigenvalue weighted by Crippen LogP contribution is 2.27. The predicted molar refractivity (Wildman–Crippen MR) is 60.8 cm³/mol. The zero-order valence-electron chi connectivity index (χ0n) is 9.47. The molecule has 0 aliphatic carbocycles. The van der Waals surface area contributed by atoms with Crippen LogP contribution in [-0.4, -0.2) is 42.3 Å². The van der Waals surface area contributed by atoms with Crippen molar-refractivity contribution in [2.75, 3.05) is 19.8 Å². The van der Waals surface area contributed by atoms with Crippen molar-refractivity contribution in [1.29, 1.82) is 0 Å². The Kier molecular flexibility index (Phi) is 5.30. The molecule has 1 heterocycles. The lowest BCUT2D eigenvalue weighted by Gasteiger charge is -2.36. The molecule has 1 aliphatic heterocycles. The average molecular weight is 265 g/mol. The fraction of sp³-hybridized carbons (Fsp3) is 0.667. The number of ether oxygens (including phenoxy) is 2. The summed E-state index contributed by atoms with van der Waals surface area (Å²) in [5, 5.41) is 8.61. The first-order chi connectivity index (χ1) is 7.93. The molecule has 8 heteroatoms. The summed E-state index contributed by atoms with van der Waals surface area (Å²) in [5.41, 5.74) is 2.20. The molecule has 0 amide bonds. The topological polar surface area (TPSA) is 86.3 Å². The van der Waals surface area contributed by atoms with E-state index in [1.54, 1.807) is 0 Å². The molecule has 1 saturated heterocycles. The Labute approximate surface area is 101 Å². The summed E-state index contributed by atoms with van der Waals surface area (Å²) < 4.78 is 9.62. The predicted octanol–water partition coefficient (Wildman–Crippen LogP) is 0.0442. The summed E-state index contributed by atoms with van der Waals surface area (Å²) in [7, 11) is 2.64. The summed E-state index contributed by atoms with van der Waals surface area (Å²) >= 11 is 0. The minimum atomic E-state index is -0.950. The number of carbonyl (C=O) groups excluding carboxylic acids is 1. The van der Waals surface area contributed by atoms with E-state index in [2.05, 4.69) is 26.2 Å². The number of aliphatic hydroxyl groups excluding tert-OH is 1. The van der Waals surface area contributed by atoms with Crippen LogP contribution in [0.4, 0.5) is 0 Å². The van der Waals surface area contributed by atoms with Crippen molar-refractivity contribution in [2.24, 2.45) is 0 Å². The fourth-order valence-corrected chi connectivity index (χ4v) is 1.28. The largest absolute Gasteiger partial charge is 0.502 e. The highest BCUT2D eigenvalue weighted by Gasteiger charge is 2.34. The standard InChI is InChI=1S/C9H16NO6P/c1-6(11)8(12)15-7(2)16-10-14-5-9(17)3-13-4-9/h7,10-11H,1,3-5,17H2,2H3. The van der Waals surface area contributed by atoms with Crippen molar-refractivity contribution in [3.05, 3.63) is 12.3 Å². The molecule has 7 nitrogen and oxygen atoms in total. The molecule has 98 valence electrons. The fourth-order valence-electron chi connectivity index (χ4n) is 0.965. The number of carbonyl (C=O) groups is 1. The second-order valence-corrected chi connectivity index (χ2v) is 4.99. The van der Waals surface area contributed by atoms with Gasteiger partial charge >= 0.3 is 5.97 Å². The van der Waals surface area contributed by atoms with Crippen molar-refractivity contribution < 1.29 is 29.0 Å². The first kappa shape index (κ1) is 14.3. The Balaban J connectivity index is 2.05. The normalized spacial score (nSPS) is 19.2. The second kappa shape index (κ2) is 6.28. The van der Waals surface area contributed by atoms with Crippen LogP contribution in [0, 0.1) is 0 Å². The third-order valence-electron chi connectivity index (χ3n) is 1.92. The van der Waals surface area contributed by atoms with Crippen LogP contribution in [0.1, 0.15) is 6.92 Å². The molecule has 0 aromatic carbocycles. The summed E-state index contributed by atoms with van der Waals surface area (Å²) in [5.74, 6) is -1.63. The zero-order valence-corrected chi connectivity index (χ0v) is 10.6.